The summed E-state index contributed by atoms with van der Waals surface area (Å²) in [5, 5.41) is 3.99. The third-order valence-corrected chi connectivity index (χ3v) is 1.97. The molecule has 2 aromatic heterocycles. The van der Waals surface area contributed by atoms with E-state index in [2.05, 4.69) is 10.1 Å². The Morgan fingerprint density at radius 3 is 2.73 bits per heavy atom. The molecule has 0 fully saturated rings. The van der Waals surface area contributed by atoms with Crippen LogP contribution >= 0.6 is 0 Å². The molecular formula is C10H10N4O. The lowest BCUT2D eigenvalue weighted by Gasteiger charge is -1.99. The van der Waals surface area contributed by atoms with Crippen molar-refractivity contribution in [3.05, 3.63) is 41.9 Å². The number of aromatic nitrogens is 3. The van der Waals surface area contributed by atoms with Gasteiger partial charge in [0, 0.05) is 12.4 Å². The number of aryl methyl sites for hydroxylation is 1. The standard InChI is InChI=1S/C10H10N4O/c1-7-2-3-9(12-6-7)14-5-4-8(13-14)10(11)15/h2-6H,1H3,(H2,11,15). The summed E-state index contributed by atoms with van der Waals surface area (Å²) in [5.41, 5.74) is 6.40. The molecule has 2 rings (SSSR count). The van der Waals surface area contributed by atoms with Crippen molar-refractivity contribution >= 4 is 5.91 Å². The summed E-state index contributed by atoms with van der Waals surface area (Å²) >= 11 is 0. The van der Waals surface area contributed by atoms with E-state index in [0.717, 1.165) is 5.56 Å². The highest BCUT2D eigenvalue weighted by Gasteiger charge is 2.05. The maximum Gasteiger partial charge on any atom is 0.269 e. The summed E-state index contributed by atoms with van der Waals surface area (Å²) in [4.78, 5) is 15.0. The number of hydrogen-bond acceptors (Lipinski definition) is 3. The van der Waals surface area contributed by atoms with E-state index in [1.54, 1.807) is 18.5 Å². The van der Waals surface area contributed by atoms with E-state index < -0.39 is 5.91 Å². The van der Waals surface area contributed by atoms with Crippen molar-refractivity contribution in [3.63, 3.8) is 0 Å². The average molecular weight is 202 g/mol. The Labute approximate surface area is 86.5 Å². The van der Waals surface area contributed by atoms with Gasteiger partial charge in [0.15, 0.2) is 5.82 Å². The maximum absolute atomic E-state index is 10.8. The molecule has 0 saturated carbocycles. The van der Waals surface area contributed by atoms with Crippen LogP contribution in [0.2, 0.25) is 0 Å². The molecule has 0 aliphatic heterocycles. The van der Waals surface area contributed by atoms with E-state index in [-0.39, 0.29) is 5.69 Å². The summed E-state index contributed by atoms with van der Waals surface area (Å²) in [6, 6.07) is 5.31. The normalized spacial score (nSPS) is 10.2. The Morgan fingerprint density at radius 1 is 1.40 bits per heavy atom. The van der Waals surface area contributed by atoms with Gasteiger partial charge in [0.2, 0.25) is 0 Å². The molecule has 0 atom stereocenters. The Kier molecular flexibility index (Phi) is 2.21. The first-order chi connectivity index (χ1) is 7.16. The van der Waals surface area contributed by atoms with Gasteiger partial charge < -0.3 is 5.73 Å². The van der Waals surface area contributed by atoms with Gasteiger partial charge in [0.1, 0.15) is 5.69 Å². The van der Waals surface area contributed by atoms with Crippen molar-refractivity contribution in [2.45, 2.75) is 6.92 Å². The molecule has 1 amide bonds. The molecule has 2 aromatic rings. The molecule has 2 N–H and O–H groups in total. The van der Waals surface area contributed by atoms with Crippen molar-refractivity contribution in [2.75, 3.05) is 0 Å². The number of nitrogens with two attached hydrogens (primary N) is 1. The van der Waals surface area contributed by atoms with E-state index in [1.807, 2.05) is 19.1 Å². The maximum atomic E-state index is 10.8. The minimum Gasteiger partial charge on any atom is -0.364 e. The van der Waals surface area contributed by atoms with Gasteiger partial charge in [0.25, 0.3) is 5.91 Å². The van der Waals surface area contributed by atoms with Gasteiger partial charge in [-0.1, -0.05) is 6.07 Å². The number of hydrogen-bond donors (Lipinski definition) is 1. The van der Waals surface area contributed by atoms with Gasteiger partial charge >= 0.3 is 0 Å². The van der Waals surface area contributed by atoms with Crippen LogP contribution in [-0.4, -0.2) is 20.7 Å². The van der Waals surface area contributed by atoms with Crippen molar-refractivity contribution in [1.29, 1.82) is 0 Å². The molecule has 0 bridgehead atoms. The molecular weight excluding hydrogens is 192 g/mol. The largest absolute Gasteiger partial charge is 0.364 e. The van der Waals surface area contributed by atoms with Gasteiger partial charge in [-0.25, -0.2) is 9.67 Å². The van der Waals surface area contributed by atoms with Crippen LogP contribution in [0.1, 0.15) is 16.1 Å². The van der Waals surface area contributed by atoms with Crippen LogP contribution in [0.15, 0.2) is 30.6 Å². The molecule has 15 heavy (non-hydrogen) atoms. The number of primary amides is 1. The molecule has 0 spiro atoms. The van der Waals surface area contributed by atoms with Gasteiger partial charge in [-0.15, -0.1) is 0 Å². The predicted octanol–water partition coefficient (Wildman–Crippen LogP) is 0.675. The van der Waals surface area contributed by atoms with Gasteiger partial charge in [-0.2, -0.15) is 5.10 Å². The monoisotopic (exact) mass is 202 g/mol. The Morgan fingerprint density at radius 2 is 2.20 bits per heavy atom. The lowest BCUT2D eigenvalue weighted by Crippen LogP contribution is -2.12. The number of pyridine rings is 1. The van der Waals surface area contributed by atoms with Crippen molar-refractivity contribution < 1.29 is 4.79 Å². The SMILES string of the molecule is Cc1ccc(-n2ccc(C(N)=O)n2)nc1. The zero-order valence-electron chi connectivity index (χ0n) is 8.21. The highest BCUT2D eigenvalue weighted by atomic mass is 16.1. The van der Waals surface area contributed by atoms with Crippen molar-refractivity contribution in [1.82, 2.24) is 14.8 Å². The van der Waals surface area contributed by atoms with E-state index in [9.17, 15) is 4.79 Å². The fourth-order valence-electron chi connectivity index (χ4n) is 1.18. The Bertz CT molecular complexity index is 486. The fourth-order valence-corrected chi connectivity index (χ4v) is 1.18. The highest BCUT2D eigenvalue weighted by molar-refractivity contribution is 5.90. The Hall–Kier alpha value is -2.17. The molecule has 5 nitrogen and oxygen atoms in total. The van der Waals surface area contributed by atoms with Crippen LogP contribution in [0.4, 0.5) is 0 Å². The zero-order chi connectivity index (χ0) is 10.8. The Balaban J connectivity index is 2.37. The van der Waals surface area contributed by atoms with Crippen molar-refractivity contribution in [2.24, 2.45) is 5.73 Å². The third-order valence-electron chi connectivity index (χ3n) is 1.97. The minimum atomic E-state index is -0.541. The number of rotatable bonds is 2. The summed E-state index contributed by atoms with van der Waals surface area (Å²) < 4.78 is 1.51. The number of carbonyl (C=O) groups excluding carboxylic acids is 1. The van der Waals surface area contributed by atoms with Crippen LogP contribution in [0.5, 0.6) is 0 Å². The quantitative estimate of drug-likeness (QED) is 0.778. The number of carbonyl (C=O) groups is 1. The summed E-state index contributed by atoms with van der Waals surface area (Å²) in [5.74, 6) is 0.119. The van der Waals surface area contributed by atoms with Gasteiger partial charge in [0.05, 0.1) is 0 Å². The number of amides is 1. The smallest absolute Gasteiger partial charge is 0.269 e. The lowest BCUT2D eigenvalue weighted by atomic mass is 10.3. The average Bonchev–Trinajstić information content (AvgIpc) is 2.68. The second kappa shape index (κ2) is 3.53. The molecule has 0 radical (unpaired) electrons. The fraction of sp³-hybridized carbons (Fsp3) is 0.100. The topological polar surface area (TPSA) is 73.8 Å². The third kappa shape index (κ3) is 1.85. The van der Waals surface area contributed by atoms with Gasteiger partial charge in [-0.05, 0) is 24.6 Å². The van der Waals surface area contributed by atoms with E-state index in [4.69, 9.17) is 5.73 Å². The molecule has 0 saturated heterocycles. The van der Waals surface area contributed by atoms with Crippen LogP contribution in [0.25, 0.3) is 5.82 Å². The predicted molar refractivity (Wildman–Crippen MR) is 54.6 cm³/mol. The molecule has 0 aliphatic rings. The van der Waals surface area contributed by atoms with Gasteiger partial charge in [-0.3, -0.25) is 4.79 Å². The molecule has 0 aromatic carbocycles. The summed E-state index contributed by atoms with van der Waals surface area (Å²) in [6.07, 6.45) is 3.39. The first-order valence-corrected chi connectivity index (χ1v) is 4.45. The van der Waals surface area contributed by atoms with Crippen LogP contribution < -0.4 is 5.73 Å². The van der Waals surface area contributed by atoms with E-state index in [1.165, 1.54) is 4.68 Å². The molecule has 0 aliphatic carbocycles. The lowest BCUT2D eigenvalue weighted by molar-refractivity contribution is 0.0995. The first kappa shape index (κ1) is 9.39. The zero-order valence-corrected chi connectivity index (χ0v) is 8.21. The van der Waals surface area contributed by atoms with E-state index >= 15 is 0 Å². The molecule has 76 valence electrons. The molecule has 5 heteroatoms. The van der Waals surface area contributed by atoms with Crippen molar-refractivity contribution in [3.8, 4) is 5.82 Å². The minimum absolute atomic E-state index is 0.234. The first-order valence-electron chi connectivity index (χ1n) is 4.45. The van der Waals surface area contributed by atoms with Crippen LogP contribution in [0, 0.1) is 6.92 Å². The summed E-state index contributed by atoms with van der Waals surface area (Å²) in [6.45, 7) is 1.95. The second-order valence-corrected chi connectivity index (χ2v) is 3.20. The summed E-state index contributed by atoms with van der Waals surface area (Å²) in [7, 11) is 0. The highest BCUT2D eigenvalue weighted by Crippen LogP contribution is 2.05. The van der Waals surface area contributed by atoms with Crippen LogP contribution in [-0.2, 0) is 0 Å². The van der Waals surface area contributed by atoms with Crippen LogP contribution in [0.3, 0.4) is 0 Å². The molecule has 2 heterocycles. The van der Waals surface area contributed by atoms with E-state index in [0.29, 0.717) is 5.82 Å². The number of nitrogens with zero attached hydrogens (tertiary/aromatic N) is 3. The molecule has 0 unspecified atom stereocenters. The second-order valence-electron chi connectivity index (χ2n) is 3.20.